The lowest BCUT2D eigenvalue weighted by molar-refractivity contribution is -0.129. The van der Waals surface area contributed by atoms with E-state index < -0.39 is 0 Å². The van der Waals surface area contributed by atoms with Crippen LogP contribution in [0.3, 0.4) is 0 Å². The number of amides is 1. The van der Waals surface area contributed by atoms with Crippen molar-refractivity contribution in [3.05, 3.63) is 70.8 Å². The van der Waals surface area contributed by atoms with E-state index in [1.54, 1.807) is 17.0 Å². The molecule has 2 aromatic rings. The van der Waals surface area contributed by atoms with Gasteiger partial charge < -0.3 is 4.90 Å². The van der Waals surface area contributed by atoms with Crippen LogP contribution >= 0.6 is 0 Å². The average molecular weight is 278 g/mol. The molecule has 0 unspecified atom stereocenters. The molecule has 3 nitrogen and oxygen atoms in total. The SMILES string of the molecule is Cc1cccc(CN(C)C(=O)Cc2ccc(C#N)cc2)c1. The van der Waals surface area contributed by atoms with Crippen molar-refractivity contribution < 1.29 is 4.79 Å². The maximum absolute atomic E-state index is 12.2. The lowest BCUT2D eigenvalue weighted by atomic mass is 10.1. The van der Waals surface area contributed by atoms with Gasteiger partial charge in [0.15, 0.2) is 0 Å². The Kier molecular flexibility index (Phi) is 4.73. The highest BCUT2D eigenvalue weighted by atomic mass is 16.2. The van der Waals surface area contributed by atoms with Crippen LogP contribution in [0.4, 0.5) is 0 Å². The smallest absolute Gasteiger partial charge is 0.227 e. The van der Waals surface area contributed by atoms with Gasteiger partial charge in [-0.15, -0.1) is 0 Å². The second-order valence-electron chi connectivity index (χ2n) is 5.22. The summed E-state index contributed by atoms with van der Waals surface area (Å²) < 4.78 is 0. The summed E-state index contributed by atoms with van der Waals surface area (Å²) in [6.45, 7) is 2.65. The molecule has 2 aromatic carbocycles. The van der Waals surface area contributed by atoms with E-state index >= 15 is 0 Å². The van der Waals surface area contributed by atoms with Crippen molar-refractivity contribution in [3.8, 4) is 6.07 Å². The molecule has 3 heteroatoms. The number of rotatable bonds is 4. The molecule has 0 saturated carbocycles. The predicted octanol–water partition coefficient (Wildman–Crippen LogP) is 3.07. The standard InChI is InChI=1S/C18H18N2O/c1-14-4-3-5-17(10-14)13-20(2)18(21)11-15-6-8-16(12-19)9-7-15/h3-10H,11,13H2,1-2H3. The third-order valence-corrected chi connectivity index (χ3v) is 3.37. The quantitative estimate of drug-likeness (QED) is 0.862. The molecule has 0 spiro atoms. The number of aryl methyl sites for hydroxylation is 1. The molecule has 0 N–H and O–H groups in total. The van der Waals surface area contributed by atoms with Crippen LogP contribution in [0.1, 0.15) is 22.3 Å². The van der Waals surface area contributed by atoms with Gasteiger partial charge in [0.2, 0.25) is 5.91 Å². The molecule has 0 aromatic heterocycles. The van der Waals surface area contributed by atoms with Gasteiger partial charge in [-0.1, -0.05) is 42.0 Å². The molecule has 0 heterocycles. The van der Waals surface area contributed by atoms with Crippen molar-refractivity contribution in [3.63, 3.8) is 0 Å². The molecule has 21 heavy (non-hydrogen) atoms. The molecule has 0 aliphatic carbocycles. The zero-order valence-corrected chi connectivity index (χ0v) is 12.3. The first-order valence-corrected chi connectivity index (χ1v) is 6.87. The molecule has 106 valence electrons. The Labute approximate surface area is 125 Å². The molecule has 2 rings (SSSR count). The van der Waals surface area contributed by atoms with E-state index in [1.807, 2.05) is 44.3 Å². The number of carbonyl (C=O) groups excluding carboxylic acids is 1. The van der Waals surface area contributed by atoms with Crippen LogP contribution in [-0.2, 0) is 17.8 Å². The maximum atomic E-state index is 12.2. The second kappa shape index (κ2) is 6.71. The molecule has 0 bridgehead atoms. The fourth-order valence-corrected chi connectivity index (χ4v) is 2.18. The normalized spacial score (nSPS) is 9.95. The zero-order valence-electron chi connectivity index (χ0n) is 12.3. The van der Waals surface area contributed by atoms with Crippen LogP contribution in [0, 0.1) is 18.3 Å². The Morgan fingerprint density at radius 2 is 1.86 bits per heavy atom. The molecule has 0 atom stereocenters. The van der Waals surface area contributed by atoms with Crippen LogP contribution in [0.5, 0.6) is 0 Å². The number of nitriles is 1. The molecule has 0 fully saturated rings. The van der Waals surface area contributed by atoms with Gasteiger partial charge in [0, 0.05) is 13.6 Å². The molecule has 0 saturated heterocycles. The van der Waals surface area contributed by atoms with E-state index in [4.69, 9.17) is 5.26 Å². The number of nitrogens with zero attached hydrogens (tertiary/aromatic N) is 2. The summed E-state index contributed by atoms with van der Waals surface area (Å²) in [6, 6.07) is 17.4. The van der Waals surface area contributed by atoms with E-state index in [0.29, 0.717) is 18.5 Å². The summed E-state index contributed by atoms with van der Waals surface area (Å²) in [4.78, 5) is 13.9. The summed E-state index contributed by atoms with van der Waals surface area (Å²) in [7, 11) is 1.81. The summed E-state index contributed by atoms with van der Waals surface area (Å²) in [5, 5.41) is 8.76. The molecule has 0 aliphatic rings. The Morgan fingerprint density at radius 3 is 2.48 bits per heavy atom. The third-order valence-electron chi connectivity index (χ3n) is 3.37. The van der Waals surface area contributed by atoms with E-state index in [9.17, 15) is 4.79 Å². The van der Waals surface area contributed by atoms with E-state index in [-0.39, 0.29) is 5.91 Å². The van der Waals surface area contributed by atoms with Crippen molar-refractivity contribution in [1.82, 2.24) is 4.90 Å². The topological polar surface area (TPSA) is 44.1 Å². The van der Waals surface area contributed by atoms with E-state index in [0.717, 1.165) is 11.1 Å². The highest BCUT2D eigenvalue weighted by molar-refractivity contribution is 5.78. The highest BCUT2D eigenvalue weighted by Gasteiger charge is 2.10. The van der Waals surface area contributed by atoms with Gasteiger partial charge in [-0.2, -0.15) is 5.26 Å². The number of hydrogen-bond donors (Lipinski definition) is 0. The van der Waals surface area contributed by atoms with Crippen LogP contribution in [0.15, 0.2) is 48.5 Å². The first kappa shape index (κ1) is 14.8. The highest BCUT2D eigenvalue weighted by Crippen LogP contribution is 2.09. The monoisotopic (exact) mass is 278 g/mol. The Morgan fingerprint density at radius 1 is 1.14 bits per heavy atom. The fourth-order valence-electron chi connectivity index (χ4n) is 2.18. The van der Waals surface area contributed by atoms with Gasteiger partial charge in [-0.25, -0.2) is 0 Å². The Bertz CT molecular complexity index is 668. The number of benzene rings is 2. The fraction of sp³-hybridized carbons (Fsp3) is 0.222. The van der Waals surface area contributed by atoms with Crippen molar-refractivity contribution in [2.24, 2.45) is 0 Å². The minimum absolute atomic E-state index is 0.0706. The first-order chi connectivity index (χ1) is 10.1. The van der Waals surface area contributed by atoms with Crippen molar-refractivity contribution >= 4 is 5.91 Å². The lowest BCUT2D eigenvalue weighted by Crippen LogP contribution is -2.27. The first-order valence-electron chi connectivity index (χ1n) is 6.87. The van der Waals surface area contributed by atoms with E-state index in [1.165, 1.54) is 5.56 Å². The molecular weight excluding hydrogens is 260 g/mol. The Balaban J connectivity index is 1.97. The van der Waals surface area contributed by atoms with Crippen molar-refractivity contribution in [2.75, 3.05) is 7.05 Å². The summed E-state index contributed by atoms with van der Waals surface area (Å²) in [5.41, 5.74) is 3.86. The van der Waals surface area contributed by atoms with Gasteiger partial charge in [-0.3, -0.25) is 4.79 Å². The van der Waals surface area contributed by atoms with Crippen LogP contribution < -0.4 is 0 Å². The predicted molar refractivity (Wildman–Crippen MR) is 82.5 cm³/mol. The van der Waals surface area contributed by atoms with Crippen molar-refractivity contribution in [2.45, 2.75) is 19.9 Å². The summed E-state index contributed by atoms with van der Waals surface area (Å²) in [6.07, 6.45) is 0.355. The van der Waals surface area contributed by atoms with Gasteiger partial charge >= 0.3 is 0 Å². The number of hydrogen-bond acceptors (Lipinski definition) is 2. The van der Waals surface area contributed by atoms with Crippen molar-refractivity contribution in [1.29, 1.82) is 5.26 Å². The molecule has 0 radical (unpaired) electrons. The number of carbonyl (C=O) groups is 1. The van der Waals surface area contributed by atoms with Crippen LogP contribution in [0.2, 0.25) is 0 Å². The average Bonchev–Trinajstić information content (AvgIpc) is 2.48. The summed E-state index contributed by atoms with van der Waals surface area (Å²) >= 11 is 0. The second-order valence-corrected chi connectivity index (χ2v) is 5.22. The molecule has 0 aliphatic heterocycles. The van der Waals surface area contributed by atoms with Gasteiger partial charge in [0.1, 0.15) is 0 Å². The molecule has 1 amide bonds. The molecular formula is C18H18N2O. The summed E-state index contributed by atoms with van der Waals surface area (Å²) in [5.74, 6) is 0.0706. The number of likely N-dealkylation sites (N-methyl/N-ethyl adjacent to an activating group) is 1. The minimum atomic E-state index is 0.0706. The Hall–Kier alpha value is -2.60. The van der Waals surface area contributed by atoms with Crippen LogP contribution in [0.25, 0.3) is 0 Å². The van der Waals surface area contributed by atoms with Gasteiger partial charge in [0.25, 0.3) is 0 Å². The van der Waals surface area contributed by atoms with Gasteiger partial charge in [0.05, 0.1) is 18.1 Å². The van der Waals surface area contributed by atoms with Gasteiger partial charge in [-0.05, 0) is 30.2 Å². The third kappa shape index (κ3) is 4.19. The largest absolute Gasteiger partial charge is 0.341 e. The van der Waals surface area contributed by atoms with E-state index in [2.05, 4.69) is 12.1 Å². The maximum Gasteiger partial charge on any atom is 0.227 e. The minimum Gasteiger partial charge on any atom is -0.341 e. The lowest BCUT2D eigenvalue weighted by Gasteiger charge is -2.17. The zero-order chi connectivity index (χ0) is 15.2. The van der Waals surface area contributed by atoms with Crippen LogP contribution in [-0.4, -0.2) is 17.9 Å².